The molecule has 0 saturated carbocycles. The summed E-state index contributed by atoms with van der Waals surface area (Å²) in [6.07, 6.45) is 1.35. The lowest BCUT2D eigenvalue weighted by Gasteiger charge is -2.17. The van der Waals surface area contributed by atoms with E-state index >= 15 is 0 Å². The molecule has 0 aromatic carbocycles. The minimum absolute atomic E-state index is 0.237. The Labute approximate surface area is 68.6 Å². The average molecular weight is 158 g/mol. The second kappa shape index (κ2) is 3.11. The molecule has 2 nitrogen and oxygen atoms in total. The van der Waals surface area contributed by atoms with E-state index in [-0.39, 0.29) is 18.6 Å². The molecule has 0 aliphatic carbocycles. The zero-order valence-electron chi connectivity index (χ0n) is 7.63. The van der Waals surface area contributed by atoms with Crippen LogP contribution in [0.2, 0.25) is 0 Å². The first kappa shape index (κ1) is 9.01. The van der Waals surface area contributed by atoms with Gasteiger partial charge in [-0.1, -0.05) is 20.8 Å². The second-order valence-electron chi connectivity index (χ2n) is 4.38. The first-order chi connectivity index (χ1) is 5.05. The first-order valence-corrected chi connectivity index (χ1v) is 4.27. The molecule has 0 radical (unpaired) electrons. The maximum Gasteiger partial charge on any atom is 0.0628 e. The SMILES string of the molecule is CC(CO)C1CC(C)(C)CO1. The van der Waals surface area contributed by atoms with Crippen LogP contribution in [0.4, 0.5) is 0 Å². The van der Waals surface area contributed by atoms with Crippen LogP contribution in [0.1, 0.15) is 27.2 Å². The number of aliphatic hydroxyl groups is 1. The van der Waals surface area contributed by atoms with Crippen LogP contribution in [0.5, 0.6) is 0 Å². The molecule has 2 heteroatoms. The largest absolute Gasteiger partial charge is 0.396 e. The van der Waals surface area contributed by atoms with E-state index in [1.54, 1.807) is 0 Å². The Morgan fingerprint density at radius 2 is 2.27 bits per heavy atom. The van der Waals surface area contributed by atoms with Crippen LogP contribution in [-0.2, 0) is 4.74 Å². The molecule has 1 aliphatic heterocycles. The van der Waals surface area contributed by atoms with Crippen LogP contribution in [0.15, 0.2) is 0 Å². The zero-order valence-corrected chi connectivity index (χ0v) is 7.63. The van der Waals surface area contributed by atoms with Crippen LogP contribution in [0, 0.1) is 11.3 Å². The number of aliphatic hydroxyl groups excluding tert-OH is 1. The number of hydrogen-bond donors (Lipinski definition) is 1. The van der Waals surface area contributed by atoms with E-state index in [4.69, 9.17) is 9.84 Å². The molecule has 1 rings (SSSR count). The Morgan fingerprint density at radius 3 is 2.64 bits per heavy atom. The predicted molar refractivity (Wildman–Crippen MR) is 44.4 cm³/mol. The molecule has 2 atom stereocenters. The van der Waals surface area contributed by atoms with Gasteiger partial charge in [0.05, 0.1) is 12.7 Å². The topological polar surface area (TPSA) is 29.5 Å². The summed E-state index contributed by atoms with van der Waals surface area (Å²) in [7, 11) is 0. The van der Waals surface area contributed by atoms with Crippen molar-refractivity contribution < 1.29 is 9.84 Å². The van der Waals surface area contributed by atoms with Crippen molar-refractivity contribution in [1.82, 2.24) is 0 Å². The van der Waals surface area contributed by atoms with E-state index in [0.717, 1.165) is 13.0 Å². The molecule has 0 spiro atoms. The maximum atomic E-state index is 8.89. The third-order valence-corrected chi connectivity index (χ3v) is 2.36. The third-order valence-electron chi connectivity index (χ3n) is 2.36. The summed E-state index contributed by atoms with van der Waals surface area (Å²) in [5, 5.41) is 8.89. The molecule has 66 valence electrons. The van der Waals surface area contributed by atoms with Gasteiger partial charge in [-0.2, -0.15) is 0 Å². The van der Waals surface area contributed by atoms with Gasteiger partial charge >= 0.3 is 0 Å². The first-order valence-electron chi connectivity index (χ1n) is 4.27. The normalized spacial score (nSPS) is 32.2. The average Bonchev–Trinajstić information content (AvgIpc) is 2.29. The van der Waals surface area contributed by atoms with Crippen molar-refractivity contribution in [3.8, 4) is 0 Å². The van der Waals surface area contributed by atoms with Gasteiger partial charge in [-0.05, 0) is 11.8 Å². The standard InChI is InChI=1S/C9H18O2/c1-7(5-10)8-4-9(2,3)6-11-8/h7-8,10H,4-6H2,1-3H3. The van der Waals surface area contributed by atoms with Gasteiger partial charge in [0.15, 0.2) is 0 Å². The van der Waals surface area contributed by atoms with E-state index in [2.05, 4.69) is 13.8 Å². The van der Waals surface area contributed by atoms with Gasteiger partial charge in [-0.25, -0.2) is 0 Å². The lowest BCUT2D eigenvalue weighted by Crippen LogP contribution is -2.20. The molecular weight excluding hydrogens is 140 g/mol. The summed E-state index contributed by atoms with van der Waals surface area (Å²) >= 11 is 0. The summed E-state index contributed by atoms with van der Waals surface area (Å²) in [5.74, 6) is 0.289. The molecule has 0 amide bonds. The third kappa shape index (κ3) is 2.17. The fraction of sp³-hybridized carbons (Fsp3) is 1.00. The fourth-order valence-corrected chi connectivity index (χ4v) is 1.48. The van der Waals surface area contributed by atoms with E-state index in [9.17, 15) is 0 Å². The van der Waals surface area contributed by atoms with E-state index < -0.39 is 0 Å². The lowest BCUT2D eigenvalue weighted by atomic mass is 9.87. The van der Waals surface area contributed by atoms with Crippen molar-refractivity contribution in [1.29, 1.82) is 0 Å². The lowest BCUT2D eigenvalue weighted by molar-refractivity contribution is 0.0409. The van der Waals surface area contributed by atoms with Gasteiger partial charge in [0.1, 0.15) is 0 Å². The molecule has 1 heterocycles. The molecule has 11 heavy (non-hydrogen) atoms. The Balaban J connectivity index is 2.41. The molecule has 1 aliphatic rings. The number of hydrogen-bond acceptors (Lipinski definition) is 2. The van der Waals surface area contributed by atoms with Crippen LogP contribution < -0.4 is 0 Å². The Bertz CT molecular complexity index is 132. The quantitative estimate of drug-likeness (QED) is 0.658. The van der Waals surface area contributed by atoms with Crippen LogP contribution in [0.3, 0.4) is 0 Å². The highest BCUT2D eigenvalue weighted by atomic mass is 16.5. The maximum absolute atomic E-state index is 8.89. The monoisotopic (exact) mass is 158 g/mol. The smallest absolute Gasteiger partial charge is 0.0628 e. The molecule has 0 aromatic rings. The second-order valence-corrected chi connectivity index (χ2v) is 4.38. The summed E-state index contributed by atoms with van der Waals surface area (Å²) in [6.45, 7) is 7.52. The van der Waals surface area contributed by atoms with Gasteiger partial charge in [0.2, 0.25) is 0 Å². The van der Waals surface area contributed by atoms with Gasteiger partial charge < -0.3 is 9.84 Å². The fourth-order valence-electron chi connectivity index (χ4n) is 1.48. The van der Waals surface area contributed by atoms with Crippen LogP contribution in [0.25, 0.3) is 0 Å². The highest BCUT2D eigenvalue weighted by molar-refractivity contribution is 4.82. The zero-order chi connectivity index (χ0) is 8.48. The molecule has 1 fully saturated rings. The van der Waals surface area contributed by atoms with Crippen molar-refractivity contribution in [2.75, 3.05) is 13.2 Å². The predicted octanol–water partition coefficient (Wildman–Crippen LogP) is 1.43. The Morgan fingerprint density at radius 1 is 1.64 bits per heavy atom. The minimum atomic E-state index is 0.237. The summed E-state index contributed by atoms with van der Waals surface area (Å²) in [4.78, 5) is 0. The molecular formula is C9H18O2. The van der Waals surface area contributed by atoms with Gasteiger partial charge in [-0.15, -0.1) is 0 Å². The van der Waals surface area contributed by atoms with Gasteiger partial charge in [-0.3, -0.25) is 0 Å². The molecule has 0 bridgehead atoms. The van der Waals surface area contributed by atoms with Crippen LogP contribution in [-0.4, -0.2) is 24.4 Å². The Hall–Kier alpha value is -0.0800. The van der Waals surface area contributed by atoms with Gasteiger partial charge in [0, 0.05) is 12.5 Å². The highest BCUT2D eigenvalue weighted by Crippen LogP contribution is 2.34. The van der Waals surface area contributed by atoms with Crippen LogP contribution >= 0.6 is 0 Å². The van der Waals surface area contributed by atoms with Crippen molar-refractivity contribution in [3.63, 3.8) is 0 Å². The number of ether oxygens (including phenoxy) is 1. The number of rotatable bonds is 2. The van der Waals surface area contributed by atoms with Crippen molar-refractivity contribution in [3.05, 3.63) is 0 Å². The molecule has 1 N–H and O–H groups in total. The van der Waals surface area contributed by atoms with Crippen molar-refractivity contribution in [2.24, 2.45) is 11.3 Å². The van der Waals surface area contributed by atoms with E-state index in [0.29, 0.717) is 5.41 Å². The highest BCUT2D eigenvalue weighted by Gasteiger charge is 2.34. The molecule has 1 saturated heterocycles. The van der Waals surface area contributed by atoms with Gasteiger partial charge in [0.25, 0.3) is 0 Å². The Kier molecular flexibility index (Phi) is 2.55. The van der Waals surface area contributed by atoms with Crippen molar-refractivity contribution >= 4 is 0 Å². The van der Waals surface area contributed by atoms with Crippen molar-refractivity contribution in [2.45, 2.75) is 33.3 Å². The minimum Gasteiger partial charge on any atom is -0.396 e. The summed E-state index contributed by atoms with van der Waals surface area (Å²) in [6, 6.07) is 0. The molecule has 0 aromatic heterocycles. The summed E-state index contributed by atoms with van der Waals surface area (Å²) < 4.78 is 5.56. The molecule has 2 unspecified atom stereocenters. The van der Waals surface area contributed by atoms with E-state index in [1.807, 2.05) is 6.92 Å². The van der Waals surface area contributed by atoms with E-state index in [1.165, 1.54) is 0 Å². The summed E-state index contributed by atoms with van der Waals surface area (Å²) in [5.41, 5.74) is 0.314.